The molecule has 19 atom stereocenters. The van der Waals surface area contributed by atoms with Crippen molar-refractivity contribution in [3.63, 3.8) is 0 Å². The van der Waals surface area contributed by atoms with Gasteiger partial charge in [0, 0.05) is 61.0 Å². The summed E-state index contributed by atoms with van der Waals surface area (Å²) in [7, 11) is 0. The van der Waals surface area contributed by atoms with Crippen LogP contribution in [0.1, 0.15) is 143 Å². The minimum Gasteiger partial charge on any atom is -0.508 e. The average Bonchev–Trinajstić information content (AvgIpc) is 1.68. The number of aliphatic carboxylic acids is 1. The first-order valence-electron chi connectivity index (χ1n) is 43.8. The summed E-state index contributed by atoms with van der Waals surface area (Å²) in [6, 6.07) is -5.22. The Morgan fingerprint density at radius 1 is 0.496 bits per heavy atom. The van der Waals surface area contributed by atoms with Gasteiger partial charge in [-0.3, -0.25) is 76.7 Å². The van der Waals surface area contributed by atoms with E-state index >= 15 is 19.2 Å². The molecule has 2 aliphatic rings. The first-order valence-corrected chi connectivity index (χ1v) is 46.4. The number of H-pyrrole nitrogens is 1. The summed E-state index contributed by atoms with van der Waals surface area (Å²) in [5.41, 5.74) is 19.5. The first-order chi connectivity index (χ1) is 62.1. The van der Waals surface area contributed by atoms with Crippen molar-refractivity contribution < 1.29 is 107 Å². The van der Waals surface area contributed by atoms with Crippen LogP contribution in [0.4, 0.5) is 0 Å². The molecule has 2 saturated heterocycles. The maximum Gasteiger partial charge on any atom is 0.326 e. The highest BCUT2D eigenvalue weighted by Gasteiger charge is 2.45. The molecule has 722 valence electrons. The number of nitrogens with zero attached hydrogens (tertiary/aromatic N) is 2. The molecule has 6 rings (SSSR count). The number of nitrogens with one attached hydrogen (secondary N) is 14. The van der Waals surface area contributed by atoms with Crippen LogP contribution in [0, 0.1) is 17.8 Å². The fraction of sp³-hybridized carbons (Fsp3) is 0.575. The van der Waals surface area contributed by atoms with E-state index in [0.29, 0.717) is 52.6 Å². The Hall–Kier alpha value is -11.3. The summed E-state index contributed by atoms with van der Waals surface area (Å²) in [5, 5.41) is 85.5. The van der Waals surface area contributed by atoms with Gasteiger partial charge in [-0.05, 0) is 149 Å². The number of primary amides is 1. The molecule has 4 aromatic rings. The fourth-order valence-electron chi connectivity index (χ4n) is 14.9. The van der Waals surface area contributed by atoms with Gasteiger partial charge in [0.2, 0.25) is 94.5 Å². The van der Waals surface area contributed by atoms with Crippen molar-refractivity contribution >= 4 is 148 Å². The number of thiol groups is 2. The highest BCUT2D eigenvalue weighted by molar-refractivity contribution is 7.98. The number of aromatic amines is 1. The zero-order valence-corrected chi connectivity index (χ0v) is 77.6. The molecule has 2 aliphatic heterocycles. The van der Waals surface area contributed by atoms with Crippen LogP contribution in [0.3, 0.4) is 0 Å². The number of phenolic OH excluding ortho intramolecular Hbond substituents is 2. The van der Waals surface area contributed by atoms with Gasteiger partial charge in [0.25, 0.3) is 0 Å². The molecule has 2 fully saturated rings. The molecule has 25 N–H and O–H groups in total. The van der Waals surface area contributed by atoms with Gasteiger partial charge in [0.15, 0.2) is 0 Å². The standard InChI is InChI=1S/C87H129N19O22S3/c1-10-45(5)69(102-72(112)47(7)92-84(124)71(48(8)108)104-81(121)68(44(3)4)101-79(119)64(43-130)99-73(113)55(89)31-35-131-9)82(122)95-58(36-49-23-27-52(109)28-24-49)74(114)93-57(20-14-15-32-88)85(125)105-33-16-21-65(105)80(120)103-70(46(6)11-2)83(123)96-59(38-51-40-91-56-19-13-12-18-54(51)56)75(115)100-63(42-129)78(118)94-60(39-67(90)111)76(116)98-62(41-107)77(117)97-61(37-50-25-29-53(110)30-26-50)86(126)106-34-17-22-66(106)87(127)128/h12-13,18-19,23-30,40,44-48,55,57-66,68-71,91,107-110,129-130H,10-11,14-17,20-22,31-39,41-43,88-89H2,1-9H3,(H2,90,111)(H,92,124)(H,93,114)(H,94,118)(H,95,122)(H,96,123)(H,97,117)(H,98,116)(H,99,113)(H,100,115)(H,101,119)(H,102,112)(H,103,120)(H,104,121)(H,127,128)/t45-,46-,47-,48+,55-,57-,58-,59-,60-,61-,62-,63-,64-,65-,66-,68-,69-,70-,71-/m0/s1. The Kier molecular flexibility index (Phi) is 44.1. The fourth-order valence-corrected chi connectivity index (χ4v) is 15.9. The van der Waals surface area contributed by atoms with E-state index in [4.69, 9.17) is 17.2 Å². The van der Waals surface area contributed by atoms with Crippen LogP contribution in [0.15, 0.2) is 79.0 Å². The van der Waals surface area contributed by atoms with Crippen molar-refractivity contribution in [2.75, 3.05) is 49.8 Å². The summed E-state index contributed by atoms with van der Waals surface area (Å²) in [6.45, 7) is 11.5. The third-order valence-electron chi connectivity index (χ3n) is 23.1. The number of rotatable bonds is 53. The maximum atomic E-state index is 15.3. The number of aromatic nitrogens is 1. The number of hydrogen-bond donors (Lipinski definition) is 24. The van der Waals surface area contributed by atoms with Crippen molar-refractivity contribution in [1.29, 1.82) is 0 Å². The Balaban J connectivity index is 1.19. The molecular formula is C87H129N19O22S3. The third kappa shape index (κ3) is 32.3. The predicted octanol–water partition coefficient (Wildman–Crippen LogP) is -2.94. The minimum atomic E-state index is -1.91. The summed E-state index contributed by atoms with van der Waals surface area (Å²) in [5.74, 6) is -18.6. The Morgan fingerprint density at radius 2 is 0.931 bits per heavy atom. The summed E-state index contributed by atoms with van der Waals surface area (Å²) in [6.07, 6.45) is 2.40. The number of phenols is 2. The molecule has 1 aromatic heterocycles. The van der Waals surface area contributed by atoms with Crippen molar-refractivity contribution in [2.45, 2.75) is 248 Å². The number of nitrogens with two attached hydrogens (primary N) is 3. The van der Waals surface area contributed by atoms with E-state index in [1.54, 1.807) is 72.0 Å². The van der Waals surface area contributed by atoms with E-state index in [1.165, 1.54) is 79.0 Å². The molecule has 16 amide bonds. The summed E-state index contributed by atoms with van der Waals surface area (Å²) >= 11 is 10.0. The van der Waals surface area contributed by atoms with E-state index < -0.39 is 240 Å². The lowest BCUT2D eigenvalue weighted by atomic mass is 9.96. The van der Waals surface area contributed by atoms with Crippen LogP contribution in [0.25, 0.3) is 10.9 Å². The van der Waals surface area contributed by atoms with Gasteiger partial charge < -0.3 is 127 Å². The van der Waals surface area contributed by atoms with E-state index in [0.717, 1.165) is 4.90 Å². The zero-order valence-electron chi connectivity index (χ0n) is 75.0. The van der Waals surface area contributed by atoms with E-state index in [2.05, 4.69) is 99.4 Å². The highest BCUT2D eigenvalue weighted by Crippen LogP contribution is 2.26. The lowest BCUT2D eigenvalue weighted by Crippen LogP contribution is -2.63. The number of benzene rings is 3. The van der Waals surface area contributed by atoms with Crippen LogP contribution < -0.4 is 86.3 Å². The predicted molar refractivity (Wildman–Crippen MR) is 491 cm³/mol. The van der Waals surface area contributed by atoms with Crippen LogP contribution in [0.5, 0.6) is 11.5 Å². The van der Waals surface area contributed by atoms with Crippen LogP contribution >= 0.6 is 37.0 Å². The number of amides is 16. The van der Waals surface area contributed by atoms with Gasteiger partial charge in [-0.2, -0.15) is 37.0 Å². The number of carbonyl (C=O) groups is 17. The largest absolute Gasteiger partial charge is 0.508 e. The van der Waals surface area contributed by atoms with Crippen molar-refractivity contribution in [3.05, 3.63) is 95.7 Å². The molecule has 0 saturated carbocycles. The maximum absolute atomic E-state index is 15.3. The molecule has 0 unspecified atom stereocenters. The summed E-state index contributed by atoms with van der Waals surface area (Å²) in [4.78, 5) is 245. The number of aliphatic hydroxyl groups excluding tert-OH is 2. The number of unbranched alkanes of at least 4 members (excludes halogenated alkanes) is 1. The number of thioether (sulfide) groups is 1. The molecule has 3 heterocycles. The minimum absolute atomic E-state index is 0.0157. The molecule has 3 aromatic carbocycles. The quantitative estimate of drug-likeness (QED) is 0.0155. The number of carboxylic acid groups (broad SMARTS) is 1. The number of carbonyl (C=O) groups excluding carboxylic acids is 16. The van der Waals surface area contributed by atoms with Gasteiger partial charge >= 0.3 is 5.97 Å². The van der Waals surface area contributed by atoms with E-state index in [-0.39, 0.29) is 101 Å². The molecule has 0 bridgehead atoms. The van der Waals surface area contributed by atoms with Crippen LogP contribution in [0.2, 0.25) is 0 Å². The number of aromatic hydroxyl groups is 2. The molecular weight excluding hydrogens is 1760 g/mol. The Labute approximate surface area is 775 Å². The van der Waals surface area contributed by atoms with Crippen LogP contribution in [-0.2, 0) is 101 Å². The van der Waals surface area contributed by atoms with Gasteiger partial charge in [-0.15, -0.1) is 0 Å². The molecule has 44 heteroatoms. The number of hydrogen-bond acceptors (Lipinski definition) is 26. The first kappa shape index (κ1) is 108. The van der Waals surface area contributed by atoms with Gasteiger partial charge in [0.05, 0.1) is 25.2 Å². The molecule has 41 nitrogen and oxygen atoms in total. The van der Waals surface area contributed by atoms with Gasteiger partial charge in [-0.1, -0.05) is 96.8 Å². The van der Waals surface area contributed by atoms with Crippen molar-refractivity contribution in [3.8, 4) is 11.5 Å². The second-order valence-corrected chi connectivity index (χ2v) is 35.0. The SMILES string of the molecule is CC[C@H](C)[C@H](NC(=O)[C@H](C)NC(=O)[C@@H](NC(=O)[C@@H](NC(=O)[C@H](CS)NC(=O)[C@@H](N)CCSC)C(C)C)[C@@H](C)O)C(=O)N[C@@H](Cc1ccc(O)cc1)C(=O)N[C@@H](CCCCN)C(=O)N1CCC[C@H]1C(=O)N[C@H](C(=O)N[C@@H](Cc1c[nH]c2ccccc12)C(=O)N[C@@H](CS)C(=O)N[C@@H](CC(N)=O)C(=O)N[C@@H](CO)C(=O)N[C@@H](Cc1ccc(O)cc1)C(=O)N1CCC[C@H]1C(=O)O)[C@@H](C)CC. The molecule has 0 aliphatic carbocycles. The van der Waals surface area contributed by atoms with E-state index in [9.17, 15) is 87.9 Å². The smallest absolute Gasteiger partial charge is 0.326 e. The lowest BCUT2D eigenvalue weighted by Gasteiger charge is -2.32. The average molecular weight is 1890 g/mol. The number of likely N-dealkylation sites (tertiary alicyclic amines) is 2. The van der Waals surface area contributed by atoms with E-state index in [1.807, 2.05) is 6.26 Å². The topological polar surface area (TPSA) is 648 Å². The Morgan fingerprint density at radius 3 is 1.46 bits per heavy atom. The lowest BCUT2D eigenvalue weighted by molar-refractivity contribution is -0.149. The molecule has 131 heavy (non-hydrogen) atoms. The highest BCUT2D eigenvalue weighted by atomic mass is 32.2. The Bertz CT molecular complexity index is 4610. The second-order valence-electron chi connectivity index (χ2n) is 33.3. The third-order valence-corrected chi connectivity index (χ3v) is 24.4. The number of aliphatic hydroxyl groups is 2. The second kappa shape index (κ2) is 53.3. The normalized spacial score (nSPS) is 17.6. The number of fused-ring (bicyclic) bond motifs is 1. The van der Waals surface area contributed by atoms with Gasteiger partial charge in [0.1, 0.15) is 102 Å². The number of para-hydroxylation sites is 1. The van der Waals surface area contributed by atoms with Gasteiger partial charge in [-0.25, -0.2) is 4.79 Å². The van der Waals surface area contributed by atoms with Crippen molar-refractivity contribution in [2.24, 2.45) is 35.0 Å². The summed E-state index contributed by atoms with van der Waals surface area (Å²) < 4.78 is 0. The monoisotopic (exact) mass is 1890 g/mol. The molecule has 0 radical (unpaired) electrons. The van der Waals surface area contributed by atoms with Crippen molar-refractivity contribution in [1.82, 2.24) is 83.9 Å². The molecule has 0 spiro atoms. The zero-order chi connectivity index (χ0) is 97.2. The van der Waals surface area contributed by atoms with Crippen LogP contribution in [-0.4, -0.2) is 293 Å². The number of carboxylic acids is 1.